The maximum absolute atomic E-state index is 13.2. The Balaban J connectivity index is 1.33. The number of nitrogens with one attached hydrogen (secondary N) is 2. The molecule has 1 aliphatic carbocycles. The molecule has 156 valence electrons. The monoisotopic (exact) mass is 426 g/mol. The Bertz CT molecular complexity index is 1050. The van der Waals surface area contributed by atoms with E-state index in [1.807, 2.05) is 11.4 Å². The van der Waals surface area contributed by atoms with E-state index in [1.54, 1.807) is 16.2 Å². The summed E-state index contributed by atoms with van der Waals surface area (Å²) in [6, 6.07) is 2.86. The highest BCUT2D eigenvalue weighted by Gasteiger charge is 2.54. The van der Waals surface area contributed by atoms with Crippen molar-refractivity contribution in [3.8, 4) is 0 Å². The average molecular weight is 426 g/mol. The average Bonchev–Trinajstić information content (AvgIpc) is 3.52. The molecule has 2 saturated heterocycles. The van der Waals surface area contributed by atoms with Crippen LogP contribution in [0.1, 0.15) is 57.0 Å². The van der Waals surface area contributed by atoms with Crippen molar-refractivity contribution in [1.29, 1.82) is 0 Å². The number of likely N-dealkylation sites (tertiary alicyclic amines) is 1. The van der Waals surface area contributed by atoms with Crippen LogP contribution < -0.4 is 5.32 Å². The molecule has 0 bridgehead atoms. The predicted molar refractivity (Wildman–Crippen MR) is 109 cm³/mol. The van der Waals surface area contributed by atoms with Gasteiger partial charge in [0.15, 0.2) is 5.78 Å². The second-order valence-electron chi connectivity index (χ2n) is 8.06. The summed E-state index contributed by atoms with van der Waals surface area (Å²) >= 11 is 1.59. The number of thiophene rings is 1. The Labute approximate surface area is 177 Å². The van der Waals surface area contributed by atoms with E-state index in [2.05, 4.69) is 10.3 Å². The Hall–Kier alpha value is -2.94. The second-order valence-corrected chi connectivity index (χ2v) is 9.06. The van der Waals surface area contributed by atoms with Crippen LogP contribution in [0.3, 0.4) is 0 Å². The Morgan fingerprint density at radius 3 is 2.77 bits per heavy atom. The number of aromatic nitrogens is 1. The van der Waals surface area contributed by atoms with Crippen LogP contribution in [0.15, 0.2) is 23.7 Å². The van der Waals surface area contributed by atoms with Crippen LogP contribution in [-0.2, 0) is 16.8 Å². The molecule has 2 fully saturated rings. The molecule has 8 nitrogen and oxygen atoms in total. The normalized spacial score (nSPS) is 23.2. The molecule has 5 rings (SSSR count). The maximum atomic E-state index is 13.2. The smallest absolute Gasteiger partial charge is 0.325 e. The molecule has 0 saturated carbocycles. The van der Waals surface area contributed by atoms with Crippen LogP contribution in [-0.4, -0.2) is 58.0 Å². The molecule has 2 aliphatic heterocycles. The van der Waals surface area contributed by atoms with Gasteiger partial charge in [0.1, 0.15) is 11.2 Å². The summed E-state index contributed by atoms with van der Waals surface area (Å²) in [5, 5.41) is 4.79. The van der Waals surface area contributed by atoms with Crippen LogP contribution in [0.2, 0.25) is 0 Å². The van der Waals surface area contributed by atoms with Crippen LogP contribution in [0.25, 0.3) is 0 Å². The van der Waals surface area contributed by atoms with Gasteiger partial charge in [0.05, 0.1) is 6.54 Å². The van der Waals surface area contributed by atoms with Crippen molar-refractivity contribution >= 4 is 35.0 Å². The van der Waals surface area contributed by atoms with Gasteiger partial charge in [-0.25, -0.2) is 4.79 Å². The van der Waals surface area contributed by atoms with E-state index >= 15 is 0 Å². The highest BCUT2D eigenvalue weighted by atomic mass is 32.1. The van der Waals surface area contributed by atoms with E-state index < -0.39 is 11.6 Å². The van der Waals surface area contributed by atoms with Gasteiger partial charge < -0.3 is 15.2 Å². The molecular weight excluding hydrogens is 404 g/mol. The minimum absolute atomic E-state index is 0.132. The minimum atomic E-state index is -1.06. The number of ketones is 1. The number of H-pyrrole nitrogens is 1. The Morgan fingerprint density at radius 1 is 1.17 bits per heavy atom. The largest absolute Gasteiger partial charge is 0.356 e. The van der Waals surface area contributed by atoms with Gasteiger partial charge in [-0.3, -0.25) is 19.3 Å². The van der Waals surface area contributed by atoms with Crippen molar-refractivity contribution in [3.63, 3.8) is 0 Å². The zero-order valence-electron chi connectivity index (χ0n) is 16.4. The number of amides is 4. The number of carbonyl (C=O) groups is 4. The molecule has 4 amide bonds. The lowest BCUT2D eigenvalue weighted by molar-refractivity contribution is -0.131. The number of Topliss-reactive ketones (excluding diaryl/α,β-unsaturated/α-hetero) is 1. The molecule has 1 spiro atoms. The van der Waals surface area contributed by atoms with E-state index in [4.69, 9.17) is 0 Å². The second kappa shape index (κ2) is 7.09. The fourth-order valence-electron chi connectivity index (χ4n) is 4.69. The standard InChI is InChI=1S/C21H22N4O4S/c26-16(13-10-15(22-11-13)18(27)24-7-1-2-8-24)12-25-19(28)21(23-20(25)29)6-3-4-17-14(21)5-9-30-17/h5,9-11,22H,1-4,6-8,12H2,(H,23,29)/t21-/m1/s1. The SMILES string of the molecule is O=C(CN1C(=O)N[C@@]2(CCCc3sccc32)C1=O)c1c[nH]c(C(=O)N2CCCC2)c1. The minimum Gasteiger partial charge on any atom is -0.356 e. The van der Waals surface area contributed by atoms with Gasteiger partial charge in [0, 0.05) is 35.3 Å². The van der Waals surface area contributed by atoms with Crippen molar-refractivity contribution < 1.29 is 19.2 Å². The lowest BCUT2D eigenvalue weighted by atomic mass is 9.80. The van der Waals surface area contributed by atoms with Gasteiger partial charge in [-0.2, -0.15) is 0 Å². The van der Waals surface area contributed by atoms with Gasteiger partial charge in [0.25, 0.3) is 11.8 Å². The third-order valence-corrected chi connectivity index (χ3v) is 7.25. The van der Waals surface area contributed by atoms with E-state index in [0.717, 1.165) is 54.1 Å². The van der Waals surface area contributed by atoms with Crippen molar-refractivity contribution in [1.82, 2.24) is 20.1 Å². The van der Waals surface area contributed by atoms with Crippen LogP contribution >= 0.6 is 11.3 Å². The summed E-state index contributed by atoms with van der Waals surface area (Å²) in [6.45, 7) is 1.09. The third kappa shape index (κ3) is 2.87. The lowest BCUT2D eigenvalue weighted by Gasteiger charge is -2.31. The van der Waals surface area contributed by atoms with Gasteiger partial charge in [-0.05, 0) is 49.6 Å². The van der Waals surface area contributed by atoms with Gasteiger partial charge in [-0.15, -0.1) is 11.3 Å². The number of urea groups is 1. The number of rotatable bonds is 4. The number of carbonyl (C=O) groups excluding carboxylic acids is 4. The number of nitrogens with zero attached hydrogens (tertiary/aromatic N) is 2. The summed E-state index contributed by atoms with van der Waals surface area (Å²) < 4.78 is 0. The number of imide groups is 1. The summed E-state index contributed by atoms with van der Waals surface area (Å²) in [6.07, 6.45) is 5.67. The summed E-state index contributed by atoms with van der Waals surface area (Å²) in [7, 11) is 0. The fraction of sp³-hybridized carbons (Fsp3) is 0.429. The number of aromatic amines is 1. The van der Waals surface area contributed by atoms with Gasteiger partial charge in [0.2, 0.25) is 0 Å². The number of hydrogen-bond acceptors (Lipinski definition) is 5. The first-order valence-electron chi connectivity index (χ1n) is 10.2. The highest BCUT2D eigenvalue weighted by molar-refractivity contribution is 7.10. The summed E-state index contributed by atoms with van der Waals surface area (Å²) in [5.41, 5.74) is 0.440. The number of fused-ring (bicyclic) bond motifs is 2. The fourth-order valence-corrected chi connectivity index (χ4v) is 5.69. The van der Waals surface area contributed by atoms with Crippen molar-refractivity contribution in [3.05, 3.63) is 45.4 Å². The molecule has 30 heavy (non-hydrogen) atoms. The molecule has 2 aromatic heterocycles. The van der Waals surface area contributed by atoms with Crippen molar-refractivity contribution in [2.24, 2.45) is 0 Å². The van der Waals surface area contributed by atoms with E-state index in [1.165, 1.54) is 12.3 Å². The predicted octanol–water partition coefficient (Wildman–Crippen LogP) is 2.28. The molecule has 2 aromatic rings. The number of aryl methyl sites for hydroxylation is 1. The van der Waals surface area contributed by atoms with Gasteiger partial charge in [-0.1, -0.05) is 0 Å². The maximum Gasteiger partial charge on any atom is 0.325 e. The van der Waals surface area contributed by atoms with Crippen molar-refractivity contribution in [2.75, 3.05) is 19.6 Å². The topological polar surface area (TPSA) is 103 Å². The molecule has 3 aliphatic rings. The van der Waals surface area contributed by atoms with Gasteiger partial charge >= 0.3 is 6.03 Å². The van der Waals surface area contributed by atoms with E-state index in [9.17, 15) is 19.2 Å². The zero-order valence-corrected chi connectivity index (χ0v) is 17.2. The molecule has 9 heteroatoms. The summed E-state index contributed by atoms with van der Waals surface area (Å²) in [4.78, 5) is 57.9. The molecule has 4 heterocycles. The molecule has 0 aromatic carbocycles. The molecule has 0 radical (unpaired) electrons. The quantitative estimate of drug-likeness (QED) is 0.578. The Morgan fingerprint density at radius 2 is 1.97 bits per heavy atom. The Kier molecular flexibility index (Phi) is 4.50. The first kappa shape index (κ1) is 19.0. The highest BCUT2D eigenvalue weighted by Crippen LogP contribution is 2.42. The summed E-state index contributed by atoms with van der Waals surface area (Å²) in [5.74, 6) is -0.884. The van der Waals surface area contributed by atoms with Crippen LogP contribution in [0.4, 0.5) is 4.79 Å². The van der Waals surface area contributed by atoms with Crippen LogP contribution in [0, 0.1) is 0 Å². The zero-order chi connectivity index (χ0) is 20.9. The first-order chi connectivity index (χ1) is 14.5. The lowest BCUT2D eigenvalue weighted by Crippen LogP contribution is -2.46. The van der Waals surface area contributed by atoms with E-state index in [0.29, 0.717) is 17.7 Å². The molecule has 2 N–H and O–H groups in total. The van der Waals surface area contributed by atoms with E-state index in [-0.39, 0.29) is 24.1 Å². The van der Waals surface area contributed by atoms with Crippen molar-refractivity contribution in [2.45, 2.75) is 37.6 Å². The number of hydrogen-bond donors (Lipinski definition) is 2. The molecule has 0 unspecified atom stereocenters. The first-order valence-corrected chi connectivity index (χ1v) is 11.1. The molecular formula is C21H22N4O4S. The van der Waals surface area contributed by atoms with Crippen LogP contribution in [0.5, 0.6) is 0 Å². The molecule has 1 atom stereocenters. The third-order valence-electron chi connectivity index (χ3n) is 6.27.